The number of carbonyl (C=O) groups excluding carboxylic acids is 3. The molecule has 1 aromatic carbocycles. The Morgan fingerprint density at radius 1 is 0.818 bits per heavy atom. The molecule has 0 spiro atoms. The lowest BCUT2D eigenvalue weighted by Gasteiger charge is -2.13. The van der Waals surface area contributed by atoms with Gasteiger partial charge in [0.1, 0.15) is 19.3 Å². The van der Waals surface area contributed by atoms with E-state index in [1.165, 1.54) is 24.3 Å². The Morgan fingerprint density at radius 3 is 1.82 bits per heavy atom. The minimum atomic E-state index is -1.07. The van der Waals surface area contributed by atoms with E-state index in [-0.39, 0.29) is 56.1 Å². The number of rotatable bonds is 16. The molecule has 2 N–H and O–H groups in total. The number of aliphatic hydroxyl groups is 2. The molecular formula is C23H30O10. The molecule has 2 atom stereocenters. The Morgan fingerprint density at radius 2 is 1.30 bits per heavy atom. The van der Waals surface area contributed by atoms with Gasteiger partial charge in [-0.2, -0.15) is 0 Å². The normalized spacial score (nSPS) is 12.3. The number of hydrogen-bond acceptors (Lipinski definition) is 10. The van der Waals surface area contributed by atoms with Crippen LogP contribution in [-0.4, -0.2) is 87.1 Å². The number of hydrogen-bond donors (Lipinski definition) is 2. The van der Waals surface area contributed by atoms with Gasteiger partial charge in [0.15, 0.2) is 0 Å². The Hall–Kier alpha value is -3.05. The Bertz CT molecular complexity index is 804. The van der Waals surface area contributed by atoms with Crippen molar-refractivity contribution < 1.29 is 48.3 Å². The molecule has 33 heavy (non-hydrogen) atoms. The van der Waals surface area contributed by atoms with Gasteiger partial charge < -0.3 is 33.9 Å². The maximum atomic E-state index is 12.4. The van der Waals surface area contributed by atoms with E-state index in [1.54, 1.807) is 6.08 Å². The van der Waals surface area contributed by atoms with Crippen LogP contribution in [0.25, 0.3) is 0 Å². The first-order valence-electron chi connectivity index (χ1n) is 10.1. The number of benzene rings is 1. The highest BCUT2D eigenvalue weighted by molar-refractivity contribution is 6.00. The van der Waals surface area contributed by atoms with Crippen LogP contribution >= 0.6 is 0 Å². The fourth-order valence-electron chi connectivity index (χ4n) is 2.41. The predicted octanol–water partition coefficient (Wildman–Crippen LogP) is 1.30. The third-order valence-corrected chi connectivity index (χ3v) is 4.02. The Balaban J connectivity index is 2.81. The molecule has 182 valence electrons. The molecule has 0 aromatic heterocycles. The van der Waals surface area contributed by atoms with Gasteiger partial charge in [0.05, 0.1) is 49.7 Å². The summed E-state index contributed by atoms with van der Waals surface area (Å²) in [5, 5.41) is 19.7. The third-order valence-electron chi connectivity index (χ3n) is 4.02. The standard InChI is InChI=1S/C23H30O10/c1-4-7-30-9-6-19(24)14-32-22(27)17-10-16(21(26)29-3)11-18(12-17)23(28)33-15-20(25)13-31-8-5-2/h4-5,10-12,19-20,24-25H,1-2,6-9,13-15H2,3H3. The largest absolute Gasteiger partial charge is 0.465 e. The Kier molecular flexibility index (Phi) is 13.3. The smallest absolute Gasteiger partial charge is 0.338 e. The number of methoxy groups -OCH3 is 1. The van der Waals surface area contributed by atoms with E-state index < -0.39 is 30.1 Å². The van der Waals surface area contributed by atoms with Crippen LogP contribution in [0.3, 0.4) is 0 Å². The van der Waals surface area contributed by atoms with E-state index in [9.17, 15) is 24.6 Å². The minimum Gasteiger partial charge on any atom is -0.465 e. The van der Waals surface area contributed by atoms with E-state index in [0.717, 1.165) is 7.11 Å². The zero-order chi connectivity index (χ0) is 24.6. The van der Waals surface area contributed by atoms with Crippen molar-refractivity contribution >= 4 is 17.9 Å². The van der Waals surface area contributed by atoms with E-state index >= 15 is 0 Å². The summed E-state index contributed by atoms with van der Waals surface area (Å²) in [6, 6.07) is 3.57. The van der Waals surface area contributed by atoms with Gasteiger partial charge in [0, 0.05) is 13.0 Å². The van der Waals surface area contributed by atoms with Crippen molar-refractivity contribution in [2.24, 2.45) is 0 Å². The minimum absolute atomic E-state index is 0.0694. The molecule has 0 aliphatic carbocycles. The first kappa shape index (κ1) is 28.0. The lowest BCUT2D eigenvalue weighted by atomic mass is 10.1. The molecule has 0 aliphatic rings. The zero-order valence-electron chi connectivity index (χ0n) is 18.6. The maximum absolute atomic E-state index is 12.4. The van der Waals surface area contributed by atoms with Crippen molar-refractivity contribution in [3.63, 3.8) is 0 Å². The highest BCUT2D eigenvalue weighted by Crippen LogP contribution is 2.15. The molecule has 1 rings (SSSR count). The number of aliphatic hydroxyl groups excluding tert-OH is 2. The quantitative estimate of drug-likeness (QED) is 0.159. The second-order valence-electron chi connectivity index (χ2n) is 6.77. The lowest BCUT2D eigenvalue weighted by molar-refractivity contribution is -0.00561. The van der Waals surface area contributed by atoms with Gasteiger partial charge in [-0.05, 0) is 18.2 Å². The van der Waals surface area contributed by atoms with Gasteiger partial charge in [0.2, 0.25) is 0 Å². The average Bonchev–Trinajstić information content (AvgIpc) is 2.82. The zero-order valence-corrected chi connectivity index (χ0v) is 18.6. The summed E-state index contributed by atoms with van der Waals surface area (Å²) in [7, 11) is 1.15. The predicted molar refractivity (Wildman–Crippen MR) is 117 cm³/mol. The molecule has 0 heterocycles. The molecule has 0 saturated carbocycles. The summed E-state index contributed by atoms with van der Waals surface area (Å²) in [5.74, 6) is -2.52. The van der Waals surface area contributed by atoms with Gasteiger partial charge in [-0.1, -0.05) is 12.2 Å². The van der Waals surface area contributed by atoms with Crippen molar-refractivity contribution in [2.45, 2.75) is 18.6 Å². The fraction of sp³-hybridized carbons (Fsp3) is 0.435. The van der Waals surface area contributed by atoms with E-state index in [2.05, 4.69) is 17.9 Å². The summed E-state index contributed by atoms with van der Waals surface area (Å²) in [6.45, 7) is 7.06. The van der Waals surface area contributed by atoms with Crippen molar-refractivity contribution in [3.05, 3.63) is 60.2 Å². The van der Waals surface area contributed by atoms with Crippen LogP contribution in [0.2, 0.25) is 0 Å². The topological polar surface area (TPSA) is 138 Å². The number of carbonyl (C=O) groups is 3. The van der Waals surface area contributed by atoms with E-state index in [1.807, 2.05) is 0 Å². The molecule has 0 amide bonds. The monoisotopic (exact) mass is 466 g/mol. The number of ether oxygens (including phenoxy) is 5. The van der Waals surface area contributed by atoms with Gasteiger partial charge in [0.25, 0.3) is 0 Å². The van der Waals surface area contributed by atoms with E-state index in [4.69, 9.17) is 18.9 Å². The molecular weight excluding hydrogens is 436 g/mol. The molecule has 10 nitrogen and oxygen atoms in total. The van der Waals surface area contributed by atoms with Crippen molar-refractivity contribution in [1.82, 2.24) is 0 Å². The summed E-state index contributed by atoms with van der Waals surface area (Å²) in [5.41, 5.74) is -0.315. The summed E-state index contributed by atoms with van der Waals surface area (Å²) >= 11 is 0. The molecule has 0 aliphatic heterocycles. The van der Waals surface area contributed by atoms with Crippen LogP contribution in [0, 0.1) is 0 Å². The van der Waals surface area contributed by atoms with Crippen LogP contribution in [-0.2, 0) is 23.7 Å². The summed E-state index contributed by atoms with van der Waals surface area (Å²) in [4.78, 5) is 36.8. The molecule has 10 heteroatoms. The van der Waals surface area contributed by atoms with Crippen LogP contribution < -0.4 is 0 Å². The van der Waals surface area contributed by atoms with Crippen LogP contribution in [0.4, 0.5) is 0 Å². The van der Waals surface area contributed by atoms with Gasteiger partial charge in [-0.25, -0.2) is 14.4 Å². The molecule has 0 bridgehead atoms. The third kappa shape index (κ3) is 10.9. The van der Waals surface area contributed by atoms with Crippen LogP contribution in [0.1, 0.15) is 37.5 Å². The van der Waals surface area contributed by atoms with Crippen LogP contribution in [0.15, 0.2) is 43.5 Å². The second kappa shape index (κ2) is 15.7. The second-order valence-corrected chi connectivity index (χ2v) is 6.77. The Labute approximate surface area is 192 Å². The van der Waals surface area contributed by atoms with Crippen LogP contribution in [0.5, 0.6) is 0 Å². The highest BCUT2D eigenvalue weighted by Gasteiger charge is 2.20. The lowest BCUT2D eigenvalue weighted by Crippen LogP contribution is -2.24. The molecule has 0 fully saturated rings. The number of esters is 3. The van der Waals surface area contributed by atoms with Gasteiger partial charge in [-0.3, -0.25) is 0 Å². The first-order chi connectivity index (χ1) is 15.8. The summed E-state index contributed by atoms with van der Waals surface area (Å²) < 4.78 is 25.0. The highest BCUT2D eigenvalue weighted by atomic mass is 16.6. The molecule has 0 saturated heterocycles. The average molecular weight is 466 g/mol. The van der Waals surface area contributed by atoms with Crippen molar-refractivity contribution in [3.8, 4) is 0 Å². The molecule has 2 unspecified atom stereocenters. The van der Waals surface area contributed by atoms with Gasteiger partial charge >= 0.3 is 17.9 Å². The fourth-order valence-corrected chi connectivity index (χ4v) is 2.41. The molecule has 1 aromatic rings. The van der Waals surface area contributed by atoms with Crippen molar-refractivity contribution in [2.75, 3.05) is 46.8 Å². The first-order valence-corrected chi connectivity index (χ1v) is 10.1. The van der Waals surface area contributed by atoms with Gasteiger partial charge in [-0.15, -0.1) is 13.2 Å². The van der Waals surface area contributed by atoms with Crippen molar-refractivity contribution in [1.29, 1.82) is 0 Å². The maximum Gasteiger partial charge on any atom is 0.338 e. The molecule has 0 radical (unpaired) electrons. The summed E-state index contributed by atoms with van der Waals surface area (Å²) in [6.07, 6.45) is 1.28. The SMILES string of the molecule is C=CCOCCC(O)COC(=O)c1cc(C(=O)OC)cc(C(=O)OCC(O)COCC=C)c1. The van der Waals surface area contributed by atoms with E-state index in [0.29, 0.717) is 6.61 Å².